The second-order valence-corrected chi connectivity index (χ2v) is 7.49. The third-order valence-corrected chi connectivity index (χ3v) is 5.63. The Morgan fingerprint density at radius 1 is 1.15 bits per heavy atom. The lowest BCUT2D eigenvalue weighted by atomic mass is 10.1. The van der Waals surface area contributed by atoms with Crippen LogP contribution < -0.4 is 5.32 Å². The molecule has 0 spiro atoms. The van der Waals surface area contributed by atoms with Crippen LogP contribution in [0.25, 0.3) is 0 Å². The molecule has 2 aromatic carbocycles. The average Bonchev–Trinajstić information content (AvgIpc) is 3.19. The number of benzene rings is 2. The fourth-order valence-electron chi connectivity index (χ4n) is 3.19. The Kier molecular flexibility index (Phi) is 8.49. The first-order valence-electron chi connectivity index (χ1n) is 9.06. The molecule has 2 aromatic rings. The van der Waals surface area contributed by atoms with Gasteiger partial charge in [-0.15, -0.1) is 24.2 Å². The average molecular weight is 391 g/mol. The summed E-state index contributed by atoms with van der Waals surface area (Å²) in [6.07, 6.45) is 2.05. The standard InChI is InChI=1S/C21H26N2OS.ClH/c1-2-14-23(19-12-13-22-15-19)21(24)18-10-8-17(9-11-18)16-25-20-6-4-3-5-7-20;/h3-11,19,22H,2,12-16H2,1H3;1H. The molecule has 140 valence electrons. The van der Waals surface area contributed by atoms with Gasteiger partial charge >= 0.3 is 0 Å². The monoisotopic (exact) mass is 390 g/mol. The van der Waals surface area contributed by atoms with Crippen molar-refractivity contribution in [1.29, 1.82) is 0 Å². The third-order valence-electron chi connectivity index (χ3n) is 4.55. The molecule has 1 unspecified atom stereocenters. The lowest BCUT2D eigenvalue weighted by Crippen LogP contribution is -2.42. The topological polar surface area (TPSA) is 32.3 Å². The number of thioether (sulfide) groups is 1. The maximum Gasteiger partial charge on any atom is 0.254 e. The van der Waals surface area contributed by atoms with Crippen LogP contribution in [0, 0.1) is 0 Å². The largest absolute Gasteiger partial charge is 0.334 e. The second-order valence-electron chi connectivity index (χ2n) is 6.44. The van der Waals surface area contributed by atoms with Crippen LogP contribution >= 0.6 is 24.2 Å². The van der Waals surface area contributed by atoms with Crippen LogP contribution in [0.5, 0.6) is 0 Å². The molecule has 1 atom stereocenters. The molecular formula is C21H27ClN2OS. The lowest BCUT2D eigenvalue weighted by molar-refractivity contribution is 0.0692. The Hall–Kier alpha value is -1.49. The summed E-state index contributed by atoms with van der Waals surface area (Å²) in [6.45, 7) is 4.88. The van der Waals surface area contributed by atoms with Crippen molar-refractivity contribution in [2.24, 2.45) is 0 Å². The lowest BCUT2D eigenvalue weighted by Gasteiger charge is -2.28. The van der Waals surface area contributed by atoms with Crippen molar-refractivity contribution in [2.45, 2.75) is 36.5 Å². The fourth-order valence-corrected chi connectivity index (χ4v) is 4.06. The van der Waals surface area contributed by atoms with Gasteiger partial charge in [0.25, 0.3) is 5.91 Å². The molecule has 0 bridgehead atoms. The highest BCUT2D eigenvalue weighted by Gasteiger charge is 2.26. The number of carbonyl (C=O) groups is 1. The number of hydrogen-bond acceptors (Lipinski definition) is 3. The maximum atomic E-state index is 12.9. The summed E-state index contributed by atoms with van der Waals surface area (Å²) in [7, 11) is 0. The van der Waals surface area contributed by atoms with Crippen molar-refractivity contribution in [2.75, 3.05) is 19.6 Å². The van der Waals surface area contributed by atoms with Crippen LogP contribution in [0.2, 0.25) is 0 Å². The Labute approximate surface area is 167 Å². The summed E-state index contributed by atoms with van der Waals surface area (Å²) < 4.78 is 0. The van der Waals surface area contributed by atoms with E-state index in [0.29, 0.717) is 6.04 Å². The van der Waals surface area contributed by atoms with Crippen molar-refractivity contribution in [3.8, 4) is 0 Å². The van der Waals surface area contributed by atoms with Gasteiger partial charge in [-0.3, -0.25) is 4.79 Å². The molecule has 1 heterocycles. The van der Waals surface area contributed by atoms with Crippen molar-refractivity contribution >= 4 is 30.1 Å². The summed E-state index contributed by atoms with van der Waals surface area (Å²) in [5, 5.41) is 3.36. The van der Waals surface area contributed by atoms with E-state index >= 15 is 0 Å². The van der Waals surface area contributed by atoms with Gasteiger partial charge in [0, 0.05) is 35.3 Å². The Morgan fingerprint density at radius 2 is 1.88 bits per heavy atom. The summed E-state index contributed by atoms with van der Waals surface area (Å²) in [5.41, 5.74) is 2.05. The van der Waals surface area contributed by atoms with Gasteiger partial charge in [-0.2, -0.15) is 0 Å². The minimum Gasteiger partial charge on any atom is -0.334 e. The molecule has 5 heteroatoms. The number of amides is 1. The van der Waals surface area contributed by atoms with E-state index in [9.17, 15) is 4.79 Å². The predicted octanol–water partition coefficient (Wildman–Crippen LogP) is 4.61. The molecule has 1 aliphatic heterocycles. The summed E-state index contributed by atoms with van der Waals surface area (Å²) in [5.74, 6) is 1.08. The van der Waals surface area contributed by atoms with E-state index in [1.54, 1.807) is 0 Å². The number of rotatable bonds is 7. The van der Waals surface area contributed by atoms with Crippen LogP contribution in [0.4, 0.5) is 0 Å². The second kappa shape index (κ2) is 10.6. The van der Waals surface area contributed by atoms with Crippen LogP contribution in [-0.4, -0.2) is 36.5 Å². The first-order chi connectivity index (χ1) is 12.3. The molecular weight excluding hydrogens is 364 g/mol. The zero-order valence-corrected chi connectivity index (χ0v) is 16.8. The summed E-state index contributed by atoms with van der Waals surface area (Å²) in [6, 6.07) is 18.9. The van der Waals surface area contributed by atoms with Crippen molar-refractivity contribution in [3.63, 3.8) is 0 Å². The number of carbonyl (C=O) groups excluding carboxylic acids is 1. The van der Waals surface area contributed by atoms with Gasteiger partial charge in [-0.05, 0) is 49.2 Å². The zero-order chi connectivity index (χ0) is 17.5. The molecule has 1 amide bonds. The van der Waals surface area contributed by atoms with Crippen LogP contribution in [0.3, 0.4) is 0 Å². The van der Waals surface area contributed by atoms with Crippen LogP contribution in [-0.2, 0) is 5.75 Å². The van der Waals surface area contributed by atoms with Crippen LogP contribution in [0.1, 0.15) is 35.7 Å². The number of nitrogens with one attached hydrogen (secondary N) is 1. The number of hydrogen-bond donors (Lipinski definition) is 1. The van der Waals surface area contributed by atoms with Gasteiger partial charge in [0.1, 0.15) is 0 Å². The van der Waals surface area contributed by atoms with E-state index in [0.717, 1.165) is 43.8 Å². The van der Waals surface area contributed by atoms with Crippen molar-refractivity contribution in [1.82, 2.24) is 10.2 Å². The highest BCUT2D eigenvalue weighted by Crippen LogP contribution is 2.23. The SMILES string of the molecule is CCCN(C(=O)c1ccc(CSc2ccccc2)cc1)C1CCNC1.Cl. The van der Waals surface area contributed by atoms with Gasteiger partial charge in [0.15, 0.2) is 0 Å². The predicted molar refractivity (Wildman–Crippen MR) is 112 cm³/mol. The maximum absolute atomic E-state index is 12.9. The first-order valence-corrected chi connectivity index (χ1v) is 10.0. The van der Waals surface area contributed by atoms with Gasteiger partial charge in [-0.1, -0.05) is 37.3 Å². The summed E-state index contributed by atoms with van der Waals surface area (Å²) >= 11 is 1.82. The molecule has 0 radical (unpaired) electrons. The highest BCUT2D eigenvalue weighted by molar-refractivity contribution is 7.98. The molecule has 3 nitrogen and oxygen atoms in total. The summed E-state index contributed by atoms with van der Waals surface area (Å²) in [4.78, 5) is 16.2. The molecule has 0 saturated carbocycles. The molecule has 26 heavy (non-hydrogen) atoms. The van der Waals surface area contributed by atoms with E-state index < -0.39 is 0 Å². The first kappa shape index (κ1) is 20.8. The Bertz CT molecular complexity index is 672. The van der Waals surface area contributed by atoms with E-state index in [2.05, 4.69) is 48.6 Å². The van der Waals surface area contributed by atoms with Gasteiger partial charge < -0.3 is 10.2 Å². The number of nitrogens with zero attached hydrogens (tertiary/aromatic N) is 1. The normalized spacial score (nSPS) is 16.1. The smallest absolute Gasteiger partial charge is 0.254 e. The molecule has 1 aliphatic rings. The van der Waals surface area contributed by atoms with E-state index in [4.69, 9.17) is 0 Å². The molecule has 0 aromatic heterocycles. The number of halogens is 1. The minimum absolute atomic E-state index is 0. The highest BCUT2D eigenvalue weighted by atomic mass is 35.5. The quantitative estimate of drug-likeness (QED) is 0.700. The van der Waals surface area contributed by atoms with Gasteiger partial charge in [0.2, 0.25) is 0 Å². The van der Waals surface area contributed by atoms with Crippen molar-refractivity contribution < 1.29 is 4.79 Å². The van der Waals surface area contributed by atoms with Crippen molar-refractivity contribution in [3.05, 3.63) is 65.7 Å². The van der Waals surface area contributed by atoms with Crippen LogP contribution in [0.15, 0.2) is 59.5 Å². The van der Waals surface area contributed by atoms with Gasteiger partial charge in [0.05, 0.1) is 0 Å². The molecule has 1 saturated heterocycles. The Morgan fingerprint density at radius 3 is 2.50 bits per heavy atom. The third kappa shape index (κ3) is 5.50. The van der Waals surface area contributed by atoms with E-state index in [1.807, 2.05) is 34.9 Å². The minimum atomic E-state index is 0. The zero-order valence-electron chi connectivity index (χ0n) is 15.2. The van der Waals surface area contributed by atoms with E-state index in [-0.39, 0.29) is 18.3 Å². The fraction of sp³-hybridized carbons (Fsp3) is 0.381. The molecule has 0 aliphatic carbocycles. The Balaban J connectivity index is 0.00000243. The van der Waals surface area contributed by atoms with Gasteiger partial charge in [-0.25, -0.2) is 0 Å². The molecule has 3 rings (SSSR count). The molecule has 1 fully saturated rings. The molecule has 1 N–H and O–H groups in total. The van der Waals surface area contributed by atoms with E-state index in [1.165, 1.54) is 10.5 Å².